The van der Waals surface area contributed by atoms with Crippen molar-refractivity contribution in [3.05, 3.63) is 74.7 Å². The van der Waals surface area contributed by atoms with Crippen molar-refractivity contribution in [3.63, 3.8) is 0 Å². The molecule has 0 aliphatic carbocycles. The number of fused-ring (bicyclic) bond motifs is 1. The number of benzene rings is 2. The summed E-state index contributed by atoms with van der Waals surface area (Å²) in [5.41, 5.74) is -0.691. The topological polar surface area (TPSA) is 44.9 Å². The summed E-state index contributed by atoms with van der Waals surface area (Å²) in [7, 11) is 0. The number of anilines is 1. The number of H-pyrrole nitrogens is 1. The summed E-state index contributed by atoms with van der Waals surface area (Å²) in [4.78, 5) is 14.4. The van der Waals surface area contributed by atoms with Gasteiger partial charge < -0.3 is 10.3 Å². The van der Waals surface area contributed by atoms with Crippen LogP contribution in [0, 0.1) is 11.6 Å². The minimum absolute atomic E-state index is 0.0160. The molecule has 0 aliphatic rings. The highest BCUT2D eigenvalue weighted by atomic mass is 35.5. The van der Waals surface area contributed by atoms with Crippen molar-refractivity contribution < 1.29 is 17.6 Å². The number of nitrogens with one attached hydrogen (secondary N) is 2. The fourth-order valence-corrected chi connectivity index (χ4v) is 3.04. The number of alkyl halides is 2. The number of hydrogen-bond donors (Lipinski definition) is 2. The number of hydrogen-bond acceptors (Lipinski definition) is 2. The lowest BCUT2D eigenvalue weighted by molar-refractivity contribution is 0.151. The number of aromatic amines is 1. The SMILES string of the molecule is C[C@@H](Nc1ccc(F)cc1C(F)F)c1cc(F)cc2c(=O)[nH]c(Cl)cc12. The summed E-state index contributed by atoms with van der Waals surface area (Å²) >= 11 is 5.87. The van der Waals surface area contributed by atoms with Gasteiger partial charge in [-0.15, -0.1) is 0 Å². The summed E-state index contributed by atoms with van der Waals surface area (Å²) in [6, 6.07) is 6.05. The van der Waals surface area contributed by atoms with Gasteiger partial charge in [-0.05, 0) is 54.3 Å². The van der Waals surface area contributed by atoms with E-state index in [0.29, 0.717) is 10.9 Å². The molecule has 0 radical (unpaired) electrons. The lowest BCUT2D eigenvalue weighted by Gasteiger charge is -2.20. The van der Waals surface area contributed by atoms with Gasteiger partial charge in [0, 0.05) is 17.3 Å². The van der Waals surface area contributed by atoms with Crippen molar-refractivity contribution in [3.8, 4) is 0 Å². The van der Waals surface area contributed by atoms with Crippen LogP contribution >= 0.6 is 11.6 Å². The monoisotopic (exact) mass is 384 g/mol. The van der Waals surface area contributed by atoms with Gasteiger partial charge in [0.25, 0.3) is 12.0 Å². The van der Waals surface area contributed by atoms with Crippen LogP contribution in [0.2, 0.25) is 5.15 Å². The molecule has 3 rings (SSSR count). The normalized spacial score (nSPS) is 12.6. The maximum absolute atomic E-state index is 14.0. The third-order valence-electron chi connectivity index (χ3n) is 4.01. The Morgan fingerprint density at radius 3 is 2.38 bits per heavy atom. The van der Waals surface area contributed by atoms with Gasteiger partial charge in [0.2, 0.25) is 0 Å². The van der Waals surface area contributed by atoms with E-state index in [0.717, 1.165) is 18.2 Å². The van der Waals surface area contributed by atoms with Crippen molar-refractivity contribution in [2.24, 2.45) is 0 Å². The van der Waals surface area contributed by atoms with E-state index in [-0.39, 0.29) is 16.2 Å². The van der Waals surface area contributed by atoms with E-state index in [9.17, 15) is 22.4 Å². The zero-order valence-electron chi connectivity index (χ0n) is 13.4. The number of halogens is 5. The molecule has 26 heavy (non-hydrogen) atoms. The van der Waals surface area contributed by atoms with Crippen LogP contribution in [0.4, 0.5) is 23.2 Å². The molecule has 0 aliphatic heterocycles. The van der Waals surface area contributed by atoms with E-state index >= 15 is 0 Å². The third kappa shape index (κ3) is 3.53. The summed E-state index contributed by atoms with van der Waals surface area (Å²) in [5, 5.41) is 3.37. The van der Waals surface area contributed by atoms with Gasteiger partial charge in [-0.3, -0.25) is 4.79 Å². The highest BCUT2D eigenvalue weighted by molar-refractivity contribution is 6.30. The summed E-state index contributed by atoms with van der Waals surface area (Å²) < 4.78 is 53.5. The largest absolute Gasteiger partial charge is 0.378 e. The van der Waals surface area contributed by atoms with Gasteiger partial charge in [0.1, 0.15) is 16.8 Å². The van der Waals surface area contributed by atoms with Crippen LogP contribution in [-0.4, -0.2) is 4.98 Å². The number of rotatable bonds is 4. The number of pyridine rings is 1. The molecule has 2 aromatic carbocycles. The minimum atomic E-state index is -2.89. The van der Waals surface area contributed by atoms with E-state index < -0.39 is 35.2 Å². The van der Waals surface area contributed by atoms with Crippen LogP contribution in [0.1, 0.15) is 30.5 Å². The van der Waals surface area contributed by atoms with Gasteiger partial charge in [0.05, 0.1) is 5.39 Å². The molecule has 0 spiro atoms. The highest BCUT2D eigenvalue weighted by Crippen LogP contribution is 2.32. The molecule has 2 N–H and O–H groups in total. The Balaban J connectivity index is 2.09. The molecule has 0 fully saturated rings. The van der Waals surface area contributed by atoms with E-state index in [1.165, 1.54) is 18.2 Å². The quantitative estimate of drug-likeness (QED) is 0.456. The maximum Gasteiger partial charge on any atom is 0.265 e. The van der Waals surface area contributed by atoms with E-state index in [1.54, 1.807) is 6.92 Å². The maximum atomic E-state index is 14.0. The molecule has 1 atom stereocenters. The van der Waals surface area contributed by atoms with E-state index in [4.69, 9.17) is 11.6 Å². The Bertz CT molecular complexity index is 1040. The Labute approximate surface area is 150 Å². The van der Waals surface area contributed by atoms with Crippen LogP contribution in [0.25, 0.3) is 10.8 Å². The van der Waals surface area contributed by atoms with Gasteiger partial charge in [0.15, 0.2) is 0 Å². The first-order valence-electron chi connectivity index (χ1n) is 7.62. The molecule has 0 bridgehead atoms. The van der Waals surface area contributed by atoms with Gasteiger partial charge in [-0.2, -0.15) is 0 Å². The van der Waals surface area contributed by atoms with Crippen LogP contribution in [0.3, 0.4) is 0 Å². The van der Waals surface area contributed by atoms with E-state index in [2.05, 4.69) is 10.3 Å². The third-order valence-corrected chi connectivity index (χ3v) is 4.22. The molecule has 1 heterocycles. The van der Waals surface area contributed by atoms with E-state index in [1.807, 2.05) is 0 Å². The fraction of sp³-hybridized carbons (Fsp3) is 0.167. The summed E-state index contributed by atoms with van der Waals surface area (Å²) in [6.45, 7) is 1.61. The molecule has 136 valence electrons. The van der Waals surface area contributed by atoms with Crippen LogP contribution in [-0.2, 0) is 0 Å². The highest BCUT2D eigenvalue weighted by Gasteiger charge is 2.18. The molecule has 0 unspecified atom stereocenters. The Morgan fingerprint density at radius 2 is 1.69 bits per heavy atom. The second-order valence-electron chi connectivity index (χ2n) is 5.80. The molecule has 3 nitrogen and oxygen atoms in total. The average molecular weight is 385 g/mol. The molecule has 3 aromatic rings. The lowest BCUT2D eigenvalue weighted by atomic mass is 10.00. The average Bonchev–Trinajstić information content (AvgIpc) is 2.56. The molecule has 0 saturated carbocycles. The van der Waals surface area contributed by atoms with Gasteiger partial charge >= 0.3 is 0 Å². The first-order valence-corrected chi connectivity index (χ1v) is 8.00. The summed E-state index contributed by atoms with van der Waals surface area (Å²) in [5.74, 6) is -1.44. The Kier molecular flexibility index (Phi) is 4.91. The number of aromatic nitrogens is 1. The molecule has 8 heteroatoms. The second-order valence-corrected chi connectivity index (χ2v) is 6.21. The summed E-state index contributed by atoms with van der Waals surface area (Å²) in [6.07, 6.45) is -2.89. The molecule has 1 aromatic heterocycles. The molecular formula is C18H13ClF4N2O. The fourth-order valence-electron chi connectivity index (χ4n) is 2.84. The Morgan fingerprint density at radius 1 is 1.00 bits per heavy atom. The molecular weight excluding hydrogens is 372 g/mol. The zero-order valence-corrected chi connectivity index (χ0v) is 14.2. The first-order chi connectivity index (χ1) is 12.3. The van der Waals surface area contributed by atoms with Crippen molar-refractivity contribution >= 4 is 28.1 Å². The van der Waals surface area contributed by atoms with Crippen LogP contribution in [0.5, 0.6) is 0 Å². The van der Waals surface area contributed by atoms with Crippen LogP contribution in [0.15, 0.2) is 41.2 Å². The van der Waals surface area contributed by atoms with Crippen molar-refractivity contribution in [2.45, 2.75) is 19.4 Å². The predicted molar refractivity (Wildman–Crippen MR) is 92.9 cm³/mol. The predicted octanol–water partition coefficient (Wildman–Crippen LogP) is 5.57. The van der Waals surface area contributed by atoms with Gasteiger partial charge in [-0.25, -0.2) is 17.6 Å². The standard InChI is InChI=1S/C18H13ClF4N2O/c1-8(24-15-3-2-9(20)4-14(15)17(22)23)11-5-10(21)6-13-12(11)7-16(19)25-18(13)26/h2-8,17,24H,1H3,(H,25,26)/t8-/m1/s1. The van der Waals surface area contributed by atoms with Crippen molar-refractivity contribution in [1.82, 2.24) is 4.98 Å². The smallest absolute Gasteiger partial charge is 0.265 e. The second kappa shape index (κ2) is 6.99. The zero-order chi connectivity index (χ0) is 19.0. The van der Waals surface area contributed by atoms with Crippen molar-refractivity contribution in [1.29, 1.82) is 0 Å². The Hall–Kier alpha value is -2.54. The molecule has 0 saturated heterocycles. The van der Waals surface area contributed by atoms with Crippen LogP contribution < -0.4 is 10.9 Å². The lowest BCUT2D eigenvalue weighted by Crippen LogP contribution is -2.13. The van der Waals surface area contributed by atoms with Gasteiger partial charge in [-0.1, -0.05) is 11.6 Å². The first kappa shape index (κ1) is 18.3. The minimum Gasteiger partial charge on any atom is -0.378 e. The van der Waals surface area contributed by atoms with Crippen molar-refractivity contribution in [2.75, 3.05) is 5.32 Å². The molecule has 0 amide bonds.